The van der Waals surface area contributed by atoms with E-state index >= 15 is 0 Å². The molecule has 0 saturated carbocycles. The molecule has 0 aromatic heterocycles. The van der Waals surface area contributed by atoms with Crippen molar-refractivity contribution in [1.82, 2.24) is 0 Å². The third-order valence-electron chi connectivity index (χ3n) is 2.00. The van der Waals surface area contributed by atoms with E-state index in [1.807, 2.05) is 6.07 Å². The van der Waals surface area contributed by atoms with Crippen LogP contribution >= 0.6 is 0 Å². The highest BCUT2D eigenvalue weighted by Gasteiger charge is 2.18. The van der Waals surface area contributed by atoms with E-state index in [2.05, 4.69) is 0 Å². The molecule has 0 aliphatic heterocycles. The maximum atomic E-state index is 11.1. The molecule has 1 rings (SSSR count). The minimum atomic E-state index is -0.574. The smallest absolute Gasteiger partial charge is 0.302 e. The third-order valence-corrected chi connectivity index (χ3v) is 2.00. The number of benzene rings is 1. The molecule has 0 saturated heterocycles. The van der Waals surface area contributed by atoms with Crippen LogP contribution in [0.4, 0.5) is 0 Å². The Morgan fingerprint density at radius 2 is 1.93 bits per heavy atom. The van der Waals surface area contributed by atoms with Crippen molar-refractivity contribution in [2.75, 3.05) is 6.61 Å². The molecule has 1 aromatic carbocycles. The van der Waals surface area contributed by atoms with Crippen LogP contribution in [0.2, 0.25) is 0 Å². The second-order valence-corrected chi connectivity index (χ2v) is 3.17. The molecular weight excluding hydrogens is 194 g/mol. The first-order valence-electron chi connectivity index (χ1n) is 4.59. The summed E-state index contributed by atoms with van der Waals surface area (Å²) in [4.78, 5) is 21.8. The molecule has 1 aromatic rings. The van der Waals surface area contributed by atoms with Crippen molar-refractivity contribution in [2.45, 2.75) is 12.8 Å². The lowest BCUT2D eigenvalue weighted by Crippen LogP contribution is -2.26. The van der Waals surface area contributed by atoms with Crippen LogP contribution in [0.1, 0.15) is 18.4 Å². The highest BCUT2D eigenvalue weighted by Crippen LogP contribution is 2.15. The summed E-state index contributed by atoms with van der Waals surface area (Å²) in [6.45, 7) is 1.29. The first-order chi connectivity index (χ1) is 7.11. The Morgan fingerprint density at radius 1 is 1.33 bits per heavy atom. The summed E-state index contributed by atoms with van der Waals surface area (Å²) in [7, 11) is 0. The predicted octanol–water partition coefficient (Wildman–Crippen LogP) is 0.819. The molecule has 0 spiro atoms. The highest BCUT2D eigenvalue weighted by molar-refractivity contribution is 5.82. The number of rotatable bonds is 4. The summed E-state index contributed by atoms with van der Waals surface area (Å²) in [5, 5.41) is 0. The molecule has 80 valence electrons. The second kappa shape index (κ2) is 5.14. The number of hydrogen-bond acceptors (Lipinski definition) is 3. The van der Waals surface area contributed by atoms with Crippen molar-refractivity contribution in [1.29, 1.82) is 0 Å². The van der Waals surface area contributed by atoms with Crippen LogP contribution in [0.3, 0.4) is 0 Å². The zero-order valence-corrected chi connectivity index (χ0v) is 8.47. The van der Waals surface area contributed by atoms with Gasteiger partial charge < -0.3 is 10.5 Å². The van der Waals surface area contributed by atoms with E-state index in [0.717, 1.165) is 5.56 Å². The van der Waals surface area contributed by atoms with Gasteiger partial charge in [-0.15, -0.1) is 0 Å². The molecule has 4 nitrogen and oxygen atoms in total. The fourth-order valence-corrected chi connectivity index (χ4v) is 1.23. The summed E-state index contributed by atoms with van der Waals surface area (Å²) in [6, 6.07) is 9.00. The van der Waals surface area contributed by atoms with Crippen LogP contribution in [-0.2, 0) is 14.3 Å². The molecule has 0 radical (unpaired) electrons. The van der Waals surface area contributed by atoms with Crippen LogP contribution in [0, 0.1) is 0 Å². The average molecular weight is 207 g/mol. The van der Waals surface area contributed by atoms with Crippen molar-refractivity contribution >= 4 is 11.9 Å². The predicted molar refractivity (Wildman–Crippen MR) is 55.0 cm³/mol. The van der Waals surface area contributed by atoms with Crippen molar-refractivity contribution in [2.24, 2.45) is 5.73 Å². The summed E-state index contributed by atoms with van der Waals surface area (Å²) in [6.07, 6.45) is 0. The molecule has 0 heterocycles. The standard InChI is InChI=1S/C11H13NO3/c1-8(13)15-7-10(11(12)14)9-5-3-2-4-6-9/h2-6,10H,7H2,1H3,(H2,12,14). The molecular formula is C11H13NO3. The summed E-state index contributed by atoms with van der Waals surface area (Å²) >= 11 is 0. The largest absolute Gasteiger partial charge is 0.465 e. The lowest BCUT2D eigenvalue weighted by molar-refractivity contribution is -0.142. The number of hydrogen-bond donors (Lipinski definition) is 1. The topological polar surface area (TPSA) is 69.4 Å². The van der Waals surface area contributed by atoms with Crippen molar-refractivity contribution in [3.8, 4) is 0 Å². The Labute approximate surface area is 88.0 Å². The Morgan fingerprint density at radius 3 is 2.40 bits per heavy atom. The van der Waals surface area contributed by atoms with E-state index in [9.17, 15) is 9.59 Å². The molecule has 0 bridgehead atoms. The normalized spacial score (nSPS) is 11.8. The first kappa shape index (κ1) is 11.2. The monoisotopic (exact) mass is 207 g/mol. The number of amides is 1. The van der Waals surface area contributed by atoms with Crippen LogP contribution in [0.5, 0.6) is 0 Å². The average Bonchev–Trinajstić information content (AvgIpc) is 2.18. The second-order valence-electron chi connectivity index (χ2n) is 3.17. The molecule has 0 aliphatic rings. The quantitative estimate of drug-likeness (QED) is 0.743. The van der Waals surface area contributed by atoms with Crippen LogP contribution < -0.4 is 5.73 Å². The lowest BCUT2D eigenvalue weighted by Gasteiger charge is -2.12. The zero-order chi connectivity index (χ0) is 11.3. The first-order valence-corrected chi connectivity index (χ1v) is 4.59. The van der Waals surface area contributed by atoms with Gasteiger partial charge in [-0.25, -0.2) is 0 Å². The maximum Gasteiger partial charge on any atom is 0.302 e. The molecule has 2 N–H and O–H groups in total. The van der Waals surface area contributed by atoms with Crippen LogP contribution in [0.25, 0.3) is 0 Å². The zero-order valence-electron chi connectivity index (χ0n) is 8.47. The van der Waals surface area contributed by atoms with E-state index < -0.39 is 17.8 Å². The van der Waals surface area contributed by atoms with Gasteiger partial charge in [0, 0.05) is 6.92 Å². The van der Waals surface area contributed by atoms with E-state index in [1.165, 1.54) is 6.92 Å². The van der Waals surface area contributed by atoms with Gasteiger partial charge in [-0.05, 0) is 5.56 Å². The van der Waals surface area contributed by atoms with Crippen molar-refractivity contribution in [3.05, 3.63) is 35.9 Å². The summed E-state index contributed by atoms with van der Waals surface area (Å²) < 4.78 is 4.78. The number of primary amides is 1. The molecule has 4 heteroatoms. The van der Waals surface area contributed by atoms with E-state index in [-0.39, 0.29) is 6.61 Å². The van der Waals surface area contributed by atoms with Gasteiger partial charge in [-0.1, -0.05) is 30.3 Å². The fraction of sp³-hybridized carbons (Fsp3) is 0.273. The lowest BCUT2D eigenvalue weighted by atomic mass is 10.00. The Bertz CT molecular complexity index is 348. The van der Waals surface area contributed by atoms with Gasteiger partial charge in [-0.3, -0.25) is 9.59 Å². The summed E-state index contributed by atoms with van der Waals surface area (Å²) in [5.41, 5.74) is 5.98. The number of carbonyl (C=O) groups excluding carboxylic acids is 2. The van der Waals surface area contributed by atoms with E-state index in [1.54, 1.807) is 24.3 Å². The van der Waals surface area contributed by atoms with E-state index in [4.69, 9.17) is 10.5 Å². The fourth-order valence-electron chi connectivity index (χ4n) is 1.23. The van der Waals surface area contributed by atoms with Crippen molar-refractivity contribution in [3.63, 3.8) is 0 Å². The number of nitrogens with two attached hydrogens (primary N) is 1. The van der Waals surface area contributed by atoms with Crippen LogP contribution in [-0.4, -0.2) is 18.5 Å². The summed E-state index contributed by atoms with van der Waals surface area (Å²) in [5.74, 6) is -1.49. The number of esters is 1. The minimum absolute atomic E-state index is 0.00528. The Kier molecular flexibility index (Phi) is 3.85. The van der Waals surface area contributed by atoms with Gasteiger partial charge in [0.1, 0.15) is 6.61 Å². The van der Waals surface area contributed by atoms with E-state index in [0.29, 0.717) is 0 Å². The maximum absolute atomic E-state index is 11.1. The molecule has 0 aliphatic carbocycles. The molecule has 0 fully saturated rings. The minimum Gasteiger partial charge on any atom is -0.465 e. The van der Waals surface area contributed by atoms with Crippen LogP contribution in [0.15, 0.2) is 30.3 Å². The molecule has 1 amide bonds. The van der Waals surface area contributed by atoms with Gasteiger partial charge >= 0.3 is 5.97 Å². The van der Waals surface area contributed by atoms with Gasteiger partial charge in [0.05, 0.1) is 5.92 Å². The van der Waals surface area contributed by atoms with Gasteiger partial charge in [-0.2, -0.15) is 0 Å². The Balaban J connectivity index is 2.75. The highest BCUT2D eigenvalue weighted by atomic mass is 16.5. The Hall–Kier alpha value is -1.84. The molecule has 1 atom stereocenters. The van der Waals surface area contributed by atoms with Gasteiger partial charge in [0.2, 0.25) is 5.91 Å². The van der Waals surface area contributed by atoms with Gasteiger partial charge in [0.25, 0.3) is 0 Å². The van der Waals surface area contributed by atoms with Crippen molar-refractivity contribution < 1.29 is 14.3 Å². The SMILES string of the molecule is CC(=O)OCC(C(N)=O)c1ccccc1. The molecule has 1 unspecified atom stereocenters. The third kappa shape index (κ3) is 3.42. The van der Waals surface area contributed by atoms with Gasteiger partial charge in [0.15, 0.2) is 0 Å². The number of carbonyl (C=O) groups is 2. The molecule has 15 heavy (non-hydrogen) atoms. The number of ether oxygens (including phenoxy) is 1.